The Bertz CT molecular complexity index is 2770. The van der Waals surface area contributed by atoms with E-state index < -0.39 is 11.9 Å². The summed E-state index contributed by atoms with van der Waals surface area (Å²) in [5, 5.41) is 0. The highest BCUT2D eigenvalue weighted by molar-refractivity contribution is 5.92. The fourth-order valence-corrected chi connectivity index (χ4v) is 6.59. The van der Waals surface area contributed by atoms with Gasteiger partial charge in [-0.2, -0.15) is 19.9 Å². The molecule has 0 saturated carbocycles. The minimum absolute atomic E-state index is 0.00906. The number of aromatic nitrogens is 6. The number of benzene rings is 6. The minimum atomic E-state index is -0.725. The molecule has 6 aromatic carbocycles. The van der Waals surface area contributed by atoms with Crippen LogP contribution in [0.4, 0.5) is 0 Å². The Morgan fingerprint density at radius 3 is 1.06 bits per heavy atom. The quantitative estimate of drug-likeness (QED) is 0.118. The molecule has 16 nitrogen and oxygen atoms in total. The Hall–Kier alpha value is -8.92. The summed E-state index contributed by atoms with van der Waals surface area (Å²) >= 11 is 0. The van der Waals surface area contributed by atoms with Gasteiger partial charge in [0.05, 0.1) is 25.3 Å². The lowest BCUT2D eigenvalue weighted by atomic mass is 10.1. The molecule has 0 fully saturated rings. The Morgan fingerprint density at radius 2 is 0.758 bits per heavy atom. The average Bonchev–Trinajstić information content (AvgIpc) is 3.33. The third kappa shape index (κ3) is 9.67. The van der Waals surface area contributed by atoms with Gasteiger partial charge in [-0.3, -0.25) is 0 Å². The number of hydrogen-bond donors (Lipinski definition) is 0. The van der Waals surface area contributed by atoms with Gasteiger partial charge in [-0.1, -0.05) is 120 Å². The van der Waals surface area contributed by atoms with Crippen molar-refractivity contribution < 1.29 is 47.5 Å². The van der Waals surface area contributed by atoms with E-state index in [0.717, 1.165) is 22.3 Å². The number of methoxy groups -OCH3 is 2. The molecule has 9 rings (SSSR count). The number of esters is 2. The fourth-order valence-electron chi connectivity index (χ4n) is 6.59. The molecule has 1 aliphatic heterocycles. The number of carbonyl (C=O) groups is 2. The molecule has 328 valence electrons. The molecule has 3 heterocycles. The van der Waals surface area contributed by atoms with Crippen molar-refractivity contribution in [1.82, 2.24) is 29.9 Å². The molecule has 8 aromatic rings. The van der Waals surface area contributed by atoms with Gasteiger partial charge in [0, 0.05) is 11.1 Å². The molecule has 16 heteroatoms. The molecule has 2 aromatic heterocycles. The van der Waals surface area contributed by atoms with Crippen LogP contribution in [0.3, 0.4) is 0 Å². The van der Waals surface area contributed by atoms with Gasteiger partial charge >= 0.3 is 36.0 Å². The monoisotopic (exact) mass is 882 g/mol. The molecule has 8 bridgehead atoms. The lowest BCUT2D eigenvalue weighted by molar-refractivity contribution is 0.0591. The number of hydrogen-bond acceptors (Lipinski definition) is 16. The zero-order valence-electron chi connectivity index (χ0n) is 35.9. The van der Waals surface area contributed by atoms with Crippen molar-refractivity contribution in [3.8, 4) is 81.3 Å². The summed E-state index contributed by atoms with van der Waals surface area (Å²) in [7, 11) is 2.49. The normalized spacial score (nSPS) is 11.5. The maximum Gasteiger partial charge on any atom is 0.338 e. The third-order valence-corrected chi connectivity index (χ3v) is 9.95. The Balaban J connectivity index is 1.30. The molecule has 0 amide bonds. The van der Waals surface area contributed by atoms with Gasteiger partial charge in [-0.25, -0.2) is 9.59 Å². The van der Waals surface area contributed by atoms with Crippen molar-refractivity contribution in [2.75, 3.05) is 14.2 Å². The van der Waals surface area contributed by atoms with Crippen molar-refractivity contribution in [1.29, 1.82) is 0 Å². The van der Waals surface area contributed by atoms with Crippen LogP contribution in [0.1, 0.15) is 43.0 Å². The van der Waals surface area contributed by atoms with E-state index in [9.17, 15) is 9.59 Å². The summed E-state index contributed by atoms with van der Waals surface area (Å²) in [6.07, 6.45) is 0. The Morgan fingerprint density at radius 1 is 0.439 bits per heavy atom. The second-order valence-electron chi connectivity index (χ2n) is 14.7. The summed E-state index contributed by atoms with van der Waals surface area (Å²) in [4.78, 5) is 54.5. The maximum absolute atomic E-state index is 13.3. The van der Waals surface area contributed by atoms with E-state index in [0.29, 0.717) is 11.1 Å². The standard InChI is InChI=1S/C50H38N6O10/c1-29-15-19-33(20-16-29)43-51-47-55-48(52-43)64-38-24-36(46(58)60-4)26-40(42(38)62-28-32-13-9-6-10-14-32)66-50-54-44(34-21-17-30(2)18-22-34)53-49(56-50)65-39-25-35(45(57)59-3)23-37(63-47)41(39)61-27-31-11-7-5-8-12-31/h5-26H,27-28H2,1-4H3. The third-order valence-electron chi connectivity index (χ3n) is 9.95. The molecule has 66 heavy (non-hydrogen) atoms. The van der Waals surface area contributed by atoms with E-state index in [1.807, 2.05) is 123 Å². The molecule has 0 saturated heterocycles. The minimum Gasteiger partial charge on any atom is -0.482 e. The van der Waals surface area contributed by atoms with Crippen LogP contribution in [0, 0.1) is 13.8 Å². The highest BCUT2D eigenvalue weighted by Gasteiger charge is 2.27. The van der Waals surface area contributed by atoms with Crippen LogP contribution in [0.15, 0.2) is 133 Å². The predicted octanol–water partition coefficient (Wildman–Crippen LogP) is 10.2. The van der Waals surface area contributed by atoms with Gasteiger partial charge in [-0.05, 0) is 49.2 Å². The van der Waals surface area contributed by atoms with Gasteiger partial charge in [0.25, 0.3) is 0 Å². The summed E-state index contributed by atoms with van der Waals surface area (Å²) in [5.74, 6) is -1.37. The molecular formula is C50H38N6O10. The van der Waals surface area contributed by atoms with Crippen molar-refractivity contribution in [2.24, 2.45) is 0 Å². The van der Waals surface area contributed by atoms with Crippen LogP contribution in [-0.4, -0.2) is 56.1 Å². The molecule has 0 unspecified atom stereocenters. The average molecular weight is 883 g/mol. The highest BCUT2D eigenvalue weighted by atomic mass is 16.6. The van der Waals surface area contributed by atoms with E-state index in [1.165, 1.54) is 38.5 Å². The number of aryl methyl sites for hydroxylation is 2. The first kappa shape index (κ1) is 42.4. The lowest BCUT2D eigenvalue weighted by Crippen LogP contribution is -2.09. The van der Waals surface area contributed by atoms with Gasteiger partial charge in [0.2, 0.25) is 11.5 Å². The van der Waals surface area contributed by atoms with Gasteiger partial charge < -0.3 is 37.9 Å². The van der Waals surface area contributed by atoms with Crippen molar-refractivity contribution in [3.63, 3.8) is 0 Å². The topological polar surface area (TPSA) is 185 Å². The van der Waals surface area contributed by atoms with Crippen LogP contribution in [0.5, 0.6) is 58.5 Å². The van der Waals surface area contributed by atoms with E-state index in [1.54, 1.807) is 0 Å². The first-order chi connectivity index (χ1) is 32.2. The number of fused-ring (bicyclic) bond motifs is 8. The summed E-state index contributed by atoms with van der Waals surface area (Å²) in [5.41, 5.74) is 4.79. The van der Waals surface area contributed by atoms with Crippen LogP contribution < -0.4 is 28.4 Å². The summed E-state index contributed by atoms with van der Waals surface area (Å²) in [6, 6.07) is 38.2. The summed E-state index contributed by atoms with van der Waals surface area (Å²) in [6.45, 7) is 3.97. The predicted molar refractivity (Wildman–Crippen MR) is 237 cm³/mol. The molecule has 0 aliphatic carbocycles. The van der Waals surface area contributed by atoms with E-state index in [2.05, 4.69) is 29.9 Å². The molecule has 0 N–H and O–H groups in total. The zero-order valence-corrected chi connectivity index (χ0v) is 35.9. The first-order valence-electron chi connectivity index (χ1n) is 20.4. The molecule has 0 spiro atoms. The summed E-state index contributed by atoms with van der Waals surface area (Å²) < 4.78 is 49.2. The van der Waals surface area contributed by atoms with Crippen molar-refractivity contribution in [2.45, 2.75) is 27.1 Å². The van der Waals surface area contributed by atoms with Crippen molar-refractivity contribution in [3.05, 3.63) is 167 Å². The number of nitrogens with zero attached hydrogens (tertiary/aromatic N) is 6. The van der Waals surface area contributed by atoms with Gasteiger partial charge in [0.15, 0.2) is 34.6 Å². The largest absolute Gasteiger partial charge is 0.482 e. The zero-order chi connectivity index (χ0) is 45.6. The number of ether oxygens (including phenoxy) is 8. The maximum atomic E-state index is 13.3. The SMILES string of the molecule is COC(=O)c1cc2c(OCc3ccccc3)c(c1)Oc1nc(nc(-c3ccc(C)cc3)n1)Oc1cc(C(=O)OC)cc(c1OCc1ccccc1)Oc1nc(nc(-c3ccc(C)cc3)n1)O2. The number of rotatable bonds is 10. The molecule has 0 atom stereocenters. The van der Waals surface area contributed by atoms with Gasteiger partial charge in [-0.15, -0.1) is 9.97 Å². The van der Waals surface area contributed by atoms with E-state index in [4.69, 9.17) is 37.9 Å². The highest BCUT2D eigenvalue weighted by Crippen LogP contribution is 2.46. The van der Waals surface area contributed by atoms with E-state index >= 15 is 0 Å². The van der Waals surface area contributed by atoms with E-state index in [-0.39, 0.29) is 94.5 Å². The smallest absolute Gasteiger partial charge is 0.338 e. The Labute approximate surface area is 377 Å². The molecule has 1 aliphatic rings. The molecular weight excluding hydrogens is 845 g/mol. The van der Waals surface area contributed by atoms with Gasteiger partial charge in [0.1, 0.15) is 13.2 Å². The number of carbonyl (C=O) groups excluding carboxylic acids is 2. The second kappa shape index (κ2) is 18.8. The first-order valence-corrected chi connectivity index (χ1v) is 20.4. The second-order valence-corrected chi connectivity index (χ2v) is 14.7. The fraction of sp³-hybridized carbons (Fsp3) is 0.120. The molecule has 0 radical (unpaired) electrons. The Kier molecular flexibility index (Phi) is 12.1. The van der Waals surface area contributed by atoms with Crippen LogP contribution in [0.2, 0.25) is 0 Å². The lowest BCUT2D eigenvalue weighted by Gasteiger charge is -2.19. The van der Waals surface area contributed by atoms with Crippen LogP contribution in [0.25, 0.3) is 22.8 Å². The van der Waals surface area contributed by atoms with Crippen molar-refractivity contribution >= 4 is 11.9 Å². The van der Waals surface area contributed by atoms with Crippen LogP contribution in [-0.2, 0) is 22.7 Å². The van der Waals surface area contributed by atoms with Crippen LogP contribution >= 0.6 is 0 Å².